The third kappa shape index (κ3) is 1.53. The van der Waals surface area contributed by atoms with Crippen molar-refractivity contribution in [2.45, 2.75) is 77.6 Å². The lowest BCUT2D eigenvalue weighted by Crippen LogP contribution is -2.40. The molecule has 6 atom stereocenters. The zero-order valence-corrected chi connectivity index (χ0v) is 12.9. The summed E-state index contributed by atoms with van der Waals surface area (Å²) in [7, 11) is 0. The molecule has 0 N–H and O–H groups in total. The molecule has 0 radical (unpaired) electrons. The number of hydrogen-bond donors (Lipinski definition) is 0. The van der Waals surface area contributed by atoms with E-state index >= 15 is 0 Å². The minimum Gasteiger partial charge on any atom is -0.461 e. The van der Waals surface area contributed by atoms with Crippen LogP contribution in [0.15, 0.2) is 0 Å². The van der Waals surface area contributed by atoms with Crippen molar-refractivity contribution in [1.29, 1.82) is 0 Å². The Morgan fingerprint density at radius 1 is 1.15 bits per heavy atom. The fourth-order valence-corrected chi connectivity index (χ4v) is 5.42. The van der Waals surface area contributed by atoms with Gasteiger partial charge in [-0.25, -0.2) is 0 Å². The number of fused-ring (bicyclic) bond motifs is 4. The fourth-order valence-electron chi connectivity index (χ4n) is 5.42. The van der Waals surface area contributed by atoms with Crippen molar-refractivity contribution in [3.63, 3.8) is 0 Å². The lowest BCUT2D eigenvalue weighted by atomic mass is 9.70. The minimum atomic E-state index is 0.0135. The van der Waals surface area contributed by atoms with E-state index in [2.05, 4.69) is 20.8 Å². The van der Waals surface area contributed by atoms with Crippen molar-refractivity contribution < 1.29 is 14.3 Å². The summed E-state index contributed by atoms with van der Waals surface area (Å²) in [5, 5.41) is 0. The van der Waals surface area contributed by atoms with E-state index < -0.39 is 0 Å². The molecule has 6 unspecified atom stereocenters. The van der Waals surface area contributed by atoms with E-state index in [0.29, 0.717) is 11.5 Å². The number of esters is 1. The highest BCUT2D eigenvalue weighted by Crippen LogP contribution is 2.66. The first kappa shape index (κ1) is 13.1. The molecular weight excluding hydrogens is 252 g/mol. The summed E-state index contributed by atoms with van der Waals surface area (Å²) in [6, 6.07) is 0. The van der Waals surface area contributed by atoms with Crippen molar-refractivity contribution in [2.75, 3.05) is 0 Å². The van der Waals surface area contributed by atoms with Crippen LogP contribution in [-0.4, -0.2) is 24.3 Å². The van der Waals surface area contributed by atoms with Crippen LogP contribution in [0.3, 0.4) is 0 Å². The number of rotatable bonds is 2. The fraction of sp³-hybridized carbons (Fsp3) is 0.941. The highest BCUT2D eigenvalue weighted by molar-refractivity contribution is 5.74. The quantitative estimate of drug-likeness (QED) is 0.727. The lowest BCUT2D eigenvalue weighted by Gasteiger charge is -2.39. The molecule has 4 bridgehead atoms. The van der Waals surface area contributed by atoms with Gasteiger partial charge in [-0.3, -0.25) is 4.79 Å². The lowest BCUT2D eigenvalue weighted by molar-refractivity contribution is -0.163. The van der Waals surface area contributed by atoms with Gasteiger partial charge in [0, 0.05) is 5.41 Å². The van der Waals surface area contributed by atoms with Gasteiger partial charge in [0.1, 0.15) is 6.10 Å². The van der Waals surface area contributed by atoms with Crippen LogP contribution < -0.4 is 0 Å². The van der Waals surface area contributed by atoms with Gasteiger partial charge in [0.2, 0.25) is 0 Å². The first-order chi connectivity index (χ1) is 9.42. The van der Waals surface area contributed by atoms with Crippen LogP contribution in [0.1, 0.15) is 59.3 Å². The highest BCUT2D eigenvalue weighted by Gasteiger charge is 2.63. The number of carbonyl (C=O) groups is 1. The van der Waals surface area contributed by atoms with Gasteiger partial charge in [-0.1, -0.05) is 20.8 Å². The molecule has 0 aromatic rings. The second kappa shape index (κ2) is 4.00. The molecular formula is C17H26O3. The first-order valence-electron chi connectivity index (χ1n) is 8.28. The SMILES string of the molecule is CC1(C)C2CCC1(C)C(OC(=O)C1CC3CCC1O3)C2. The summed E-state index contributed by atoms with van der Waals surface area (Å²) in [6.45, 7) is 7.05. The summed E-state index contributed by atoms with van der Waals surface area (Å²) in [6.07, 6.45) is 7.23. The molecule has 4 fully saturated rings. The van der Waals surface area contributed by atoms with E-state index in [1.807, 2.05) is 0 Å². The van der Waals surface area contributed by atoms with Gasteiger partial charge in [0.05, 0.1) is 18.1 Å². The molecule has 0 amide bonds. The Morgan fingerprint density at radius 2 is 1.95 bits per heavy atom. The van der Waals surface area contributed by atoms with Gasteiger partial charge < -0.3 is 9.47 Å². The van der Waals surface area contributed by atoms with Crippen LogP contribution in [0.4, 0.5) is 0 Å². The molecule has 3 nitrogen and oxygen atoms in total. The zero-order chi connectivity index (χ0) is 14.1. The normalized spacial score (nSPS) is 51.6. The molecule has 2 heterocycles. The Morgan fingerprint density at radius 3 is 2.45 bits per heavy atom. The van der Waals surface area contributed by atoms with Crippen LogP contribution in [0, 0.1) is 22.7 Å². The monoisotopic (exact) mass is 278 g/mol. The molecule has 2 saturated heterocycles. The van der Waals surface area contributed by atoms with Gasteiger partial charge in [-0.05, 0) is 49.9 Å². The van der Waals surface area contributed by atoms with Crippen LogP contribution in [0.2, 0.25) is 0 Å². The molecule has 2 aliphatic heterocycles. The second-order valence-corrected chi connectivity index (χ2v) is 8.25. The maximum Gasteiger partial charge on any atom is 0.311 e. The summed E-state index contributed by atoms with van der Waals surface area (Å²) in [5.41, 5.74) is 0.481. The van der Waals surface area contributed by atoms with Crippen molar-refractivity contribution in [3.05, 3.63) is 0 Å². The third-order valence-corrected chi connectivity index (χ3v) is 7.38. The van der Waals surface area contributed by atoms with Gasteiger partial charge in [-0.15, -0.1) is 0 Å². The Labute approximate surface area is 121 Å². The summed E-state index contributed by atoms with van der Waals surface area (Å²) < 4.78 is 11.8. The van der Waals surface area contributed by atoms with E-state index in [-0.39, 0.29) is 29.5 Å². The Balaban J connectivity index is 1.47. The van der Waals surface area contributed by atoms with Crippen molar-refractivity contribution in [2.24, 2.45) is 22.7 Å². The molecule has 4 rings (SSSR count). The maximum atomic E-state index is 12.5. The molecule has 112 valence electrons. The van der Waals surface area contributed by atoms with Crippen LogP contribution in [0.25, 0.3) is 0 Å². The van der Waals surface area contributed by atoms with E-state index in [9.17, 15) is 4.79 Å². The number of carbonyl (C=O) groups excluding carboxylic acids is 1. The predicted octanol–water partition coefficient (Wildman–Crippen LogP) is 3.31. The number of ether oxygens (including phenoxy) is 2. The van der Waals surface area contributed by atoms with Gasteiger partial charge in [0.15, 0.2) is 0 Å². The van der Waals surface area contributed by atoms with Gasteiger partial charge in [0.25, 0.3) is 0 Å². The second-order valence-electron chi connectivity index (χ2n) is 8.25. The van der Waals surface area contributed by atoms with E-state index in [0.717, 1.165) is 31.6 Å². The summed E-state index contributed by atoms with van der Waals surface area (Å²) in [5.74, 6) is 0.757. The molecule has 2 aliphatic carbocycles. The smallest absolute Gasteiger partial charge is 0.311 e. The zero-order valence-electron chi connectivity index (χ0n) is 12.9. The van der Waals surface area contributed by atoms with Crippen molar-refractivity contribution in [3.8, 4) is 0 Å². The van der Waals surface area contributed by atoms with Crippen molar-refractivity contribution in [1.82, 2.24) is 0 Å². The van der Waals surface area contributed by atoms with Crippen LogP contribution >= 0.6 is 0 Å². The minimum absolute atomic E-state index is 0.0135. The van der Waals surface area contributed by atoms with E-state index in [4.69, 9.17) is 9.47 Å². The average molecular weight is 278 g/mol. The summed E-state index contributed by atoms with van der Waals surface area (Å²) in [4.78, 5) is 12.5. The Bertz CT molecular complexity index is 444. The molecule has 2 saturated carbocycles. The maximum absolute atomic E-state index is 12.5. The summed E-state index contributed by atoms with van der Waals surface area (Å²) >= 11 is 0. The van der Waals surface area contributed by atoms with Gasteiger partial charge >= 0.3 is 5.97 Å². The Kier molecular flexibility index (Phi) is 2.62. The topological polar surface area (TPSA) is 35.5 Å². The van der Waals surface area contributed by atoms with E-state index in [1.165, 1.54) is 12.8 Å². The largest absolute Gasteiger partial charge is 0.461 e. The molecule has 0 aromatic heterocycles. The molecule has 0 spiro atoms. The van der Waals surface area contributed by atoms with Crippen molar-refractivity contribution >= 4 is 5.97 Å². The first-order valence-corrected chi connectivity index (χ1v) is 8.28. The number of hydrogen-bond acceptors (Lipinski definition) is 3. The van der Waals surface area contributed by atoms with Gasteiger partial charge in [-0.2, -0.15) is 0 Å². The standard InChI is InChI=1S/C17H26O3/c1-16(2)10-6-7-17(16,3)14(8-10)20-15(18)12-9-11-4-5-13(12)19-11/h10-14H,4-9H2,1-3H3. The van der Waals surface area contributed by atoms with Crippen LogP contribution in [-0.2, 0) is 14.3 Å². The molecule has 0 aromatic carbocycles. The molecule has 20 heavy (non-hydrogen) atoms. The Hall–Kier alpha value is -0.570. The van der Waals surface area contributed by atoms with Crippen LogP contribution in [0.5, 0.6) is 0 Å². The van der Waals surface area contributed by atoms with E-state index in [1.54, 1.807) is 0 Å². The predicted molar refractivity (Wildman–Crippen MR) is 75.1 cm³/mol. The molecule has 3 heteroatoms. The average Bonchev–Trinajstić information content (AvgIpc) is 3.10. The molecule has 4 aliphatic rings. The third-order valence-electron chi connectivity index (χ3n) is 7.38. The highest BCUT2D eigenvalue weighted by atomic mass is 16.6.